The van der Waals surface area contributed by atoms with E-state index in [2.05, 4.69) is 15.6 Å². The van der Waals surface area contributed by atoms with E-state index < -0.39 is 0 Å². The van der Waals surface area contributed by atoms with Crippen LogP contribution < -0.4 is 10.6 Å². The van der Waals surface area contributed by atoms with Crippen molar-refractivity contribution in [3.63, 3.8) is 0 Å². The number of thiazole rings is 1. The first-order valence-corrected chi connectivity index (χ1v) is 8.94. The van der Waals surface area contributed by atoms with Crippen LogP contribution in [-0.2, 0) is 0 Å². The first-order chi connectivity index (χ1) is 9.71. The Morgan fingerprint density at radius 2 is 1.90 bits per heavy atom. The molecule has 108 valence electrons. The molecule has 1 aromatic heterocycles. The highest BCUT2D eigenvalue weighted by atomic mass is 32.1. The van der Waals surface area contributed by atoms with E-state index in [4.69, 9.17) is 12.2 Å². The van der Waals surface area contributed by atoms with Crippen molar-refractivity contribution < 1.29 is 0 Å². The predicted octanol–water partition coefficient (Wildman–Crippen LogP) is 3.65. The van der Waals surface area contributed by atoms with E-state index in [-0.39, 0.29) is 0 Å². The summed E-state index contributed by atoms with van der Waals surface area (Å²) in [5, 5.41) is 10.2. The maximum Gasteiger partial charge on any atom is 0.188 e. The molecule has 0 amide bonds. The quantitative estimate of drug-likeness (QED) is 0.836. The van der Waals surface area contributed by atoms with Gasteiger partial charge in [0.15, 0.2) is 10.2 Å². The van der Waals surface area contributed by atoms with Crippen LogP contribution in [0.5, 0.6) is 0 Å². The van der Waals surface area contributed by atoms with Crippen LogP contribution in [0.1, 0.15) is 38.5 Å². The molecule has 2 N–H and O–H groups in total. The van der Waals surface area contributed by atoms with E-state index in [1.54, 1.807) is 17.5 Å². The van der Waals surface area contributed by atoms with Crippen molar-refractivity contribution in [2.45, 2.75) is 38.5 Å². The van der Waals surface area contributed by atoms with Gasteiger partial charge in [-0.2, -0.15) is 0 Å². The fourth-order valence-corrected chi connectivity index (χ4v) is 5.97. The van der Waals surface area contributed by atoms with Gasteiger partial charge in [0.1, 0.15) is 0 Å². The van der Waals surface area contributed by atoms with Crippen molar-refractivity contribution in [2.75, 3.05) is 11.9 Å². The average molecular weight is 307 g/mol. The highest BCUT2D eigenvalue weighted by Gasteiger charge is 2.50. The molecule has 0 atom stereocenters. The molecule has 0 aliphatic heterocycles. The Balaban J connectivity index is 1.36. The molecule has 3 nitrogen and oxygen atoms in total. The van der Waals surface area contributed by atoms with Crippen LogP contribution in [0, 0.1) is 23.2 Å². The smallest absolute Gasteiger partial charge is 0.188 e. The summed E-state index contributed by atoms with van der Waals surface area (Å²) < 4.78 is 0. The van der Waals surface area contributed by atoms with E-state index in [1.807, 2.05) is 5.38 Å². The van der Waals surface area contributed by atoms with E-state index in [0.29, 0.717) is 5.41 Å². The topological polar surface area (TPSA) is 37.0 Å². The van der Waals surface area contributed by atoms with Crippen molar-refractivity contribution in [1.82, 2.24) is 10.3 Å². The van der Waals surface area contributed by atoms with Gasteiger partial charge in [-0.1, -0.05) is 0 Å². The SMILES string of the molecule is S=C(NCC12CC3CC(CC(C3)C1)C2)Nc1nccs1. The third-order valence-electron chi connectivity index (χ3n) is 5.44. The fourth-order valence-electron chi connectivity index (χ4n) is 5.20. The molecule has 4 fully saturated rings. The highest BCUT2D eigenvalue weighted by Crippen LogP contribution is 2.59. The largest absolute Gasteiger partial charge is 0.362 e. The lowest BCUT2D eigenvalue weighted by Gasteiger charge is -2.57. The van der Waals surface area contributed by atoms with Crippen LogP contribution in [0.3, 0.4) is 0 Å². The Morgan fingerprint density at radius 3 is 2.45 bits per heavy atom. The summed E-state index contributed by atoms with van der Waals surface area (Å²) in [6.07, 6.45) is 10.6. The number of hydrogen-bond acceptors (Lipinski definition) is 3. The summed E-state index contributed by atoms with van der Waals surface area (Å²) in [6.45, 7) is 1.05. The molecule has 0 radical (unpaired) electrons. The van der Waals surface area contributed by atoms with Crippen LogP contribution in [-0.4, -0.2) is 16.6 Å². The Morgan fingerprint density at radius 1 is 1.25 bits per heavy atom. The maximum atomic E-state index is 5.40. The first-order valence-electron chi connectivity index (χ1n) is 7.65. The molecule has 4 aliphatic rings. The molecule has 4 aliphatic carbocycles. The van der Waals surface area contributed by atoms with E-state index in [9.17, 15) is 0 Å². The molecule has 4 bridgehead atoms. The zero-order chi connectivity index (χ0) is 13.6. The molecular formula is C15H21N3S2. The molecule has 0 unspecified atom stereocenters. The second-order valence-corrected chi connectivity index (χ2v) is 8.37. The van der Waals surface area contributed by atoms with Crippen molar-refractivity contribution in [3.8, 4) is 0 Å². The third kappa shape index (κ3) is 2.46. The van der Waals surface area contributed by atoms with Crippen molar-refractivity contribution >= 4 is 33.8 Å². The number of nitrogens with one attached hydrogen (secondary N) is 2. The van der Waals surface area contributed by atoms with Crippen LogP contribution in [0.25, 0.3) is 0 Å². The van der Waals surface area contributed by atoms with Gasteiger partial charge in [-0.05, 0) is 73.9 Å². The van der Waals surface area contributed by atoms with E-state index in [1.165, 1.54) is 38.5 Å². The van der Waals surface area contributed by atoms with Crippen molar-refractivity contribution in [1.29, 1.82) is 0 Å². The third-order valence-corrected chi connectivity index (χ3v) is 6.38. The molecule has 0 aromatic carbocycles. The van der Waals surface area contributed by atoms with Gasteiger partial charge in [-0.3, -0.25) is 0 Å². The number of nitrogens with zero attached hydrogens (tertiary/aromatic N) is 1. The molecular weight excluding hydrogens is 286 g/mol. The van der Waals surface area contributed by atoms with E-state index >= 15 is 0 Å². The van der Waals surface area contributed by atoms with Crippen molar-refractivity contribution in [2.24, 2.45) is 23.2 Å². The molecule has 1 heterocycles. The summed E-state index contributed by atoms with van der Waals surface area (Å²) in [5.41, 5.74) is 0.531. The molecule has 0 saturated heterocycles. The minimum atomic E-state index is 0.531. The molecule has 5 heteroatoms. The van der Waals surface area contributed by atoms with Gasteiger partial charge in [0.2, 0.25) is 0 Å². The summed E-state index contributed by atoms with van der Waals surface area (Å²) in [4.78, 5) is 4.21. The van der Waals surface area contributed by atoms with Crippen LogP contribution in [0.15, 0.2) is 11.6 Å². The number of rotatable bonds is 3. The average Bonchev–Trinajstić information content (AvgIpc) is 2.88. The second-order valence-electron chi connectivity index (χ2n) is 7.06. The number of hydrogen-bond donors (Lipinski definition) is 2. The van der Waals surface area contributed by atoms with E-state index in [0.717, 1.165) is 34.5 Å². The number of aromatic nitrogens is 1. The van der Waals surface area contributed by atoms with Gasteiger partial charge in [0.05, 0.1) is 0 Å². The Kier molecular flexibility index (Phi) is 3.22. The number of anilines is 1. The normalized spacial score (nSPS) is 37.9. The highest BCUT2D eigenvalue weighted by molar-refractivity contribution is 7.80. The van der Waals surface area contributed by atoms with Gasteiger partial charge in [0, 0.05) is 18.1 Å². The van der Waals surface area contributed by atoms with Crippen LogP contribution in [0.2, 0.25) is 0 Å². The molecule has 20 heavy (non-hydrogen) atoms. The van der Waals surface area contributed by atoms with Crippen LogP contribution >= 0.6 is 23.6 Å². The first kappa shape index (κ1) is 13.0. The summed E-state index contributed by atoms with van der Waals surface area (Å²) in [7, 11) is 0. The summed E-state index contributed by atoms with van der Waals surface area (Å²) >= 11 is 6.99. The Hall–Kier alpha value is -0.680. The Bertz CT molecular complexity index is 462. The van der Waals surface area contributed by atoms with Crippen molar-refractivity contribution in [3.05, 3.63) is 11.6 Å². The fraction of sp³-hybridized carbons (Fsp3) is 0.733. The lowest BCUT2D eigenvalue weighted by atomic mass is 9.49. The lowest BCUT2D eigenvalue weighted by Crippen LogP contribution is -2.51. The minimum Gasteiger partial charge on any atom is -0.362 e. The zero-order valence-electron chi connectivity index (χ0n) is 11.6. The predicted molar refractivity (Wildman–Crippen MR) is 86.9 cm³/mol. The molecule has 1 aromatic rings. The number of thiocarbonyl (C=S) groups is 1. The molecule has 4 saturated carbocycles. The maximum absolute atomic E-state index is 5.40. The molecule has 5 rings (SSSR count). The minimum absolute atomic E-state index is 0.531. The van der Waals surface area contributed by atoms with Gasteiger partial charge in [-0.15, -0.1) is 11.3 Å². The summed E-state index contributed by atoms with van der Waals surface area (Å²) in [5.74, 6) is 3.01. The lowest BCUT2D eigenvalue weighted by molar-refractivity contribution is -0.0490. The van der Waals surface area contributed by atoms with Gasteiger partial charge >= 0.3 is 0 Å². The van der Waals surface area contributed by atoms with Gasteiger partial charge in [0.25, 0.3) is 0 Å². The Labute approximate surface area is 129 Å². The van der Waals surface area contributed by atoms with Crippen LogP contribution in [0.4, 0.5) is 5.13 Å². The standard InChI is InChI=1S/C15H21N3S2/c19-13(18-14-16-1-2-20-14)17-9-15-6-10-3-11(7-15)5-12(4-10)8-15/h1-2,10-12H,3-9H2,(H2,16,17,18,19). The second kappa shape index (κ2) is 4.95. The summed E-state index contributed by atoms with van der Waals surface area (Å²) in [6, 6.07) is 0. The monoisotopic (exact) mass is 307 g/mol. The van der Waals surface area contributed by atoms with Gasteiger partial charge < -0.3 is 10.6 Å². The zero-order valence-corrected chi connectivity index (χ0v) is 13.2. The van der Waals surface area contributed by atoms with Gasteiger partial charge in [-0.25, -0.2) is 4.98 Å². The molecule has 0 spiro atoms.